The zero-order valence-corrected chi connectivity index (χ0v) is 20.1. The molecule has 0 saturated heterocycles. The third kappa shape index (κ3) is 2.90. The molecule has 4 aliphatic carbocycles. The van der Waals surface area contributed by atoms with E-state index in [0.29, 0.717) is 35.5 Å². The summed E-state index contributed by atoms with van der Waals surface area (Å²) in [6, 6.07) is 0. The number of carbonyl (C=O) groups is 1. The normalized spacial score (nSPS) is 48.2. The maximum Gasteiger partial charge on any atom is 0.303 e. The van der Waals surface area contributed by atoms with Gasteiger partial charge in [-0.3, -0.25) is 4.79 Å². The van der Waals surface area contributed by atoms with Crippen molar-refractivity contribution in [3.05, 3.63) is 11.6 Å². The van der Waals surface area contributed by atoms with Gasteiger partial charge in [0.25, 0.3) is 0 Å². The van der Waals surface area contributed by atoms with Crippen LogP contribution in [0.25, 0.3) is 0 Å². The molecular weight excluding hydrogens is 372 g/mol. The zero-order valence-electron chi connectivity index (χ0n) is 20.1. The van der Waals surface area contributed by atoms with E-state index >= 15 is 0 Å². The fourth-order valence-corrected chi connectivity index (χ4v) is 9.22. The summed E-state index contributed by atoms with van der Waals surface area (Å²) in [5, 5.41) is 19.9. The van der Waals surface area contributed by atoms with Gasteiger partial charge >= 0.3 is 5.97 Å². The van der Waals surface area contributed by atoms with Gasteiger partial charge in [0.05, 0.1) is 6.10 Å². The Morgan fingerprint density at radius 2 is 1.77 bits per heavy atom. The quantitative estimate of drug-likeness (QED) is 0.518. The lowest BCUT2D eigenvalue weighted by atomic mass is 9.41. The number of carboxylic acid groups (broad SMARTS) is 1. The van der Waals surface area contributed by atoms with Crippen LogP contribution in [0, 0.1) is 45.3 Å². The van der Waals surface area contributed by atoms with Gasteiger partial charge in [0.2, 0.25) is 0 Å². The molecular formula is C27H44O3. The van der Waals surface area contributed by atoms with E-state index in [2.05, 4.69) is 47.6 Å². The third-order valence-corrected chi connectivity index (χ3v) is 11.4. The van der Waals surface area contributed by atoms with Crippen LogP contribution in [-0.2, 0) is 4.79 Å². The Hall–Kier alpha value is -0.830. The van der Waals surface area contributed by atoms with E-state index in [1.807, 2.05) is 0 Å². The molecule has 0 aromatic carbocycles. The summed E-state index contributed by atoms with van der Waals surface area (Å²) in [4.78, 5) is 11.1. The SMILES string of the molecule is C[C@H](CCC(=O)O)[C@H]1CC[C@@]2(C)[C@@H]3CCC4C(C)(C)[C@H](O)CC[C@]4(C)C3=CC[C@]12C. The number of hydrogen-bond acceptors (Lipinski definition) is 2. The number of aliphatic hydroxyl groups excluding tert-OH is 1. The van der Waals surface area contributed by atoms with Crippen LogP contribution in [-0.4, -0.2) is 22.3 Å². The van der Waals surface area contributed by atoms with Crippen LogP contribution >= 0.6 is 0 Å². The van der Waals surface area contributed by atoms with Crippen molar-refractivity contribution in [3.8, 4) is 0 Å². The highest BCUT2D eigenvalue weighted by atomic mass is 16.4. The zero-order chi connectivity index (χ0) is 22.1. The van der Waals surface area contributed by atoms with E-state index in [9.17, 15) is 15.0 Å². The number of aliphatic hydroxyl groups is 1. The molecule has 3 nitrogen and oxygen atoms in total. The Balaban J connectivity index is 1.66. The van der Waals surface area contributed by atoms with Crippen LogP contribution < -0.4 is 0 Å². The Morgan fingerprint density at radius 3 is 2.43 bits per heavy atom. The molecule has 0 aromatic heterocycles. The van der Waals surface area contributed by atoms with Gasteiger partial charge in [0.15, 0.2) is 0 Å². The van der Waals surface area contributed by atoms with Gasteiger partial charge in [0, 0.05) is 6.42 Å². The van der Waals surface area contributed by atoms with Crippen molar-refractivity contribution < 1.29 is 15.0 Å². The van der Waals surface area contributed by atoms with Gasteiger partial charge < -0.3 is 10.2 Å². The first-order valence-corrected chi connectivity index (χ1v) is 12.5. The molecule has 0 heterocycles. The summed E-state index contributed by atoms with van der Waals surface area (Å²) in [7, 11) is 0. The van der Waals surface area contributed by atoms with Gasteiger partial charge in [-0.1, -0.05) is 53.2 Å². The molecule has 0 amide bonds. The largest absolute Gasteiger partial charge is 0.481 e. The molecule has 4 rings (SSSR count). The summed E-state index contributed by atoms with van der Waals surface area (Å²) in [6.07, 6.45) is 11.8. The smallest absolute Gasteiger partial charge is 0.303 e. The molecule has 1 unspecified atom stereocenters. The van der Waals surface area contributed by atoms with Gasteiger partial charge in [0.1, 0.15) is 0 Å². The van der Waals surface area contributed by atoms with Crippen LogP contribution in [0.1, 0.15) is 99.3 Å². The van der Waals surface area contributed by atoms with E-state index in [-0.39, 0.29) is 22.3 Å². The molecule has 4 aliphatic rings. The minimum Gasteiger partial charge on any atom is -0.481 e. The number of fused-ring (bicyclic) bond motifs is 5. The lowest BCUT2D eigenvalue weighted by molar-refractivity contribution is -0.137. The summed E-state index contributed by atoms with van der Waals surface area (Å²) in [6.45, 7) is 14.5. The molecule has 0 bridgehead atoms. The molecule has 8 atom stereocenters. The molecule has 0 spiro atoms. The number of hydrogen-bond donors (Lipinski definition) is 2. The van der Waals surface area contributed by atoms with Crippen molar-refractivity contribution in [2.24, 2.45) is 45.3 Å². The molecule has 3 saturated carbocycles. The Bertz CT molecular complexity index is 738. The first-order valence-electron chi connectivity index (χ1n) is 12.5. The highest BCUT2D eigenvalue weighted by Gasteiger charge is 2.65. The molecule has 170 valence electrons. The Labute approximate surface area is 183 Å². The number of rotatable bonds is 4. The molecule has 0 radical (unpaired) electrons. The van der Waals surface area contributed by atoms with Gasteiger partial charge in [-0.15, -0.1) is 0 Å². The Kier molecular flexibility index (Phi) is 5.28. The highest BCUT2D eigenvalue weighted by Crippen LogP contribution is 2.73. The summed E-state index contributed by atoms with van der Waals surface area (Å²) >= 11 is 0. The first-order chi connectivity index (χ1) is 13.9. The second-order valence-electron chi connectivity index (χ2n) is 12.7. The topological polar surface area (TPSA) is 57.5 Å². The van der Waals surface area contributed by atoms with Crippen LogP contribution in [0.2, 0.25) is 0 Å². The van der Waals surface area contributed by atoms with Gasteiger partial charge in [-0.2, -0.15) is 0 Å². The van der Waals surface area contributed by atoms with Crippen LogP contribution in [0.15, 0.2) is 11.6 Å². The standard InChI is InChI=1S/C27H44O3/c1-17(7-10-23(29)30)18-11-15-27(6)20-8-9-21-24(2,3)22(28)13-14-25(21,4)19(20)12-16-26(18,27)5/h12,17-18,20-22,28H,7-11,13-16H2,1-6H3,(H,29,30)/t17-,18-,20-,21?,22-,25-,26-,27+/m1/s1. The summed E-state index contributed by atoms with van der Waals surface area (Å²) in [5.41, 5.74) is 2.52. The maximum absolute atomic E-state index is 11.1. The number of carboxylic acids is 1. The van der Waals surface area contributed by atoms with Crippen molar-refractivity contribution in [2.45, 2.75) is 105 Å². The van der Waals surface area contributed by atoms with E-state index in [0.717, 1.165) is 25.7 Å². The van der Waals surface area contributed by atoms with Crippen LogP contribution in [0.4, 0.5) is 0 Å². The monoisotopic (exact) mass is 416 g/mol. The lowest BCUT2D eigenvalue weighted by Gasteiger charge is -2.64. The number of aliphatic carboxylic acids is 1. The lowest BCUT2D eigenvalue weighted by Crippen LogP contribution is -2.57. The second-order valence-corrected chi connectivity index (χ2v) is 12.7. The first kappa shape index (κ1) is 22.4. The Morgan fingerprint density at radius 1 is 1.07 bits per heavy atom. The fourth-order valence-electron chi connectivity index (χ4n) is 9.22. The number of allylic oxidation sites excluding steroid dienone is 2. The third-order valence-electron chi connectivity index (χ3n) is 11.4. The molecule has 0 aliphatic heterocycles. The maximum atomic E-state index is 11.1. The van der Waals surface area contributed by atoms with Crippen LogP contribution in [0.3, 0.4) is 0 Å². The predicted molar refractivity (Wildman–Crippen MR) is 121 cm³/mol. The second kappa shape index (κ2) is 7.09. The average Bonchev–Trinajstić information content (AvgIpc) is 2.95. The summed E-state index contributed by atoms with van der Waals surface area (Å²) < 4.78 is 0. The molecule has 3 heteroatoms. The van der Waals surface area contributed by atoms with Gasteiger partial charge in [-0.05, 0) is 96.7 Å². The van der Waals surface area contributed by atoms with Crippen molar-refractivity contribution >= 4 is 5.97 Å². The summed E-state index contributed by atoms with van der Waals surface area (Å²) in [5.74, 6) is 1.65. The van der Waals surface area contributed by atoms with Crippen LogP contribution in [0.5, 0.6) is 0 Å². The van der Waals surface area contributed by atoms with E-state index in [1.165, 1.54) is 25.7 Å². The van der Waals surface area contributed by atoms with Crippen molar-refractivity contribution in [1.82, 2.24) is 0 Å². The molecule has 30 heavy (non-hydrogen) atoms. The minimum atomic E-state index is -0.660. The molecule has 0 aromatic rings. The fraction of sp³-hybridized carbons (Fsp3) is 0.889. The van der Waals surface area contributed by atoms with E-state index in [1.54, 1.807) is 5.57 Å². The van der Waals surface area contributed by atoms with Crippen molar-refractivity contribution in [1.29, 1.82) is 0 Å². The van der Waals surface area contributed by atoms with E-state index in [4.69, 9.17) is 0 Å². The molecule has 3 fully saturated rings. The minimum absolute atomic E-state index is 0.00990. The van der Waals surface area contributed by atoms with Crippen molar-refractivity contribution in [3.63, 3.8) is 0 Å². The van der Waals surface area contributed by atoms with Crippen molar-refractivity contribution in [2.75, 3.05) is 0 Å². The predicted octanol–water partition coefficient (Wildman–Crippen LogP) is 6.45. The average molecular weight is 417 g/mol. The van der Waals surface area contributed by atoms with E-state index < -0.39 is 5.97 Å². The highest BCUT2D eigenvalue weighted by molar-refractivity contribution is 5.66. The van der Waals surface area contributed by atoms with Gasteiger partial charge in [-0.25, -0.2) is 0 Å². The molecule has 2 N–H and O–H groups in total.